The second-order valence-electron chi connectivity index (χ2n) is 9.36. The lowest BCUT2D eigenvalue weighted by Gasteiger charge is -2.60. The second kappa shape index (κ2) is 7.13. The number of hydrogen-bond donors (Lipinski definition) is 0. The molecule has 2 aliphatic carbocycles. The molecule has 1 heterocycles. The minimum Gasteiger partial charge on any atom is -0.342 e. The molecule has 1 aromatic rings. The summed E-state index contributed by atoms with van der Waals surface area (Å²) >= 11 is 0. The summed E-state index contributed by atoms with van der Waals surface area (Å²) in [4.78, 5) is 27.4. The van der Waals surface area contributed by atoms with Crippen molar-refractivity contribution >= 4 is 11.7 Å². The molecule has 0 bridgehead atoms. The molecule has 158 valence electrons. The molecule has 0 aromatic heterocycles. The molecule has 4 rings (SSSR count). The highest BCUT2D eigenvalue weighted by atomic mass is 19.4. The van der Waals surface area contributed by atoms with Crippen LogP contribution < -0.4 is 0 Å². The van der Waals surface area contributed by atoms with E-state index in [-0.39, 0.29) is 41.4 Å². The Balaban J connectivity index is 1.72. The highest BCUT2D eigenvalue weighted by molar-refractivity contribution is 5.98. The topological polar surface area (TPSA) is 37.4 Å². The number of ketones is 1. The molecule has 3 nitrogen and oxygen atoms in total. The van der Waals surface area contributed by atoms with Crippen molar-refractivity contribution in [2.45, 2.75) is 57.7 Å². The van der Waals surface area contributed by atoms with Gasteiger partial charge < -0.3 is 4.90 Å². The zero-order valence-corrected chi connectivity index (χ0v) is 16.9. The van der Waals surface area contributed by atoms with Gasteiger partial charge in [0.05, 0.1) is 5.92 Å². The summed E-state index contributed by atoms with van der Waals surface area (Å²) in [7, 11) is 1.82. The van der Waals surface area contributed by atoms with Crippen LogP contribution in [0.2, 0.25) is 0 Å². The first-order chi connectivity index (χ1) is 13.6. The van der Waals surface area contributed by atoms with E-state index in [1.54, 1.807) is 30.3 Å². The minimum atomic E-state index is -4.38. The lowest BCUT2D eigenvalue weighted by atomic mass is 9.49. The number of Topliss-reactive ketones (excluding diaryl/α,β-unsaturated/α-hetero) is 1. The summed E-state index contributed by atoms with van der Waals surface area (Å²) in [6.07, 6.45) is -1.54. The molecule has 0 radical (unpaired) electrons. The van der Waals surface area contributed by atoms with Crippen LogP contribution in [0, 0.1) is 29.1 Å². The van der Waals surface area contributed by atoms with Gasteiger partial charge in [0.1, 0.15) is 0 Å². The maximum absolute atomic E-state index is 14.0. The second-order valence-corrected chi connectivity index (χ2v) is 9.36. The van der Waals surface area contributed by atoms with E-state index in [1.807, 2.05) is 11.9 Å². The molecule has 1 saturated heterocycles. The van der Waals surface area contributed by atoms with Gasteiger partial charge in [-0.15, -0.1) is 0 Å². The van der Waals surface area contributed by atoms with Crippen LogP contribution in [0.5, 0.6) is 0 Å². The van der Waals surface area contributed by atoms with Crippen molar-refractivity contribution in [3.05, 3.63) is 35.9 Å². The van der Waals surface area contributed by atoms with Gasteiger partial charge in [0.2, 0.25) is 5.91 Å². The molecule has 2 saturated carbocycles. The first-order valence-corrected chi connectivity index (χ1v) is 10.6. The summed E-state index contributed by atoms with van der Waals surface area (Å²) in [6.45, 7) is 2.13. The summed E-state index contributed by atoms with van der Waals surface area (Å²) < 4.78 is 41.9. The molecule has 1 aromatic carbocycles. The van der Waals surface area contributed by atoms with Crippen LogP contribution in [0.25, 0.3) is 0 Å². The van der Waals surface area contributed by atoms with Gasteiger partial charge in [-0.05, 0) is 49.4 Å². The number of likely N-dealkylation sites (tertiary alicyclic amines) is 1. The highest BCUT2D eigenvalue weighted by Crippen LogP contribution is 2.60. The number of halogens is 3. The SMILES string of the molecule is CN1C(=O)CC[C@]2(C)C3CCC(C(F)(F)F)C(C(=O)c4ccccc4)C3CCC12. The van der Waals surface area contributed by atoms with Gasteiger partial charge in [-0.2, -0.15) is 13.2 Å². The first-order valence-electron chi connectivity index (χ1n) is 10.6. The number of piperidine rings is 1. The first kappa shape index (κ1) is 20.4. The predicted molar refractivity (Wildman–Crippen MR) is 103 cm³/mol. The summed E-state index contributed by atoms with van der Waals surface area (Å²) in [6, 6.07) is 8.48. The van der Waals surface area contributed by atoms with Gasteiger partial charge >= 0.3 is 6.18 Å². The van der Waals surface area contributed by atoms with Gasteiger partial charge in [-0.1, -0.05) is 37.3 Å². The molecule has 3 fully saturated rings. The summed E-state index contributed by atoms with van der Waals surface area (Å²) in [5, 5.41) is 0. The van der Waals surface area contributed by atoms with E-state index in [2.05, 4.69) is 6.92 Å². The molecule has 0 spiro atoms. The Morgan fingerprint density at radius 2 is 1.79 bits per heavy atom. The van der Waals surface area contributed by atoms with Gasteiger partial charge in [0.15, 0.2) is 5.78 Å². The average Bonchev–Trinajstić information content (AvgIpc) is 2.69. The van der Waals surface area contributed by atoms with Crippen molar-refractivity contribution < 1.29 is 22.8 Å². The largest absolute Gasteiger partial charge is 0.392 e. The molecule has 29 heavy (non-hydrogen) atoms. The van der Waals surface area contributed by atoms with Gasteiger partial charge in [-0.3, -0.25) is 9.59 Å². The van der Waals surface area contributed by atoms with Crippen LogP contribution >= 0.6 is 0 Å². The standard InChI is InChI=1S/C23H28F3NO2/c1-22-13-12-19(28)27(2)18(22)11-8-15-16(22)9-10-17(23(24,25)26)20(15)21(29)14-6-4-3-5-7-14/h3-7,15-18,20H,8-13H2,1-2H3/t15?,16?,17?,18?,20?,22-/m1/s1. The molecule has 5 unspecified atom stereocenters. The maximum atomic E-state index is 14.0. The Morgan fingerprint density at radius 3 is 2.45 bits per heavy atom. The third-order valence-corrected chi connectivity index (χ3v) is 8.10. The Hall–Kier alpha value is -1.85. The molecule has 3 aliphatic rings. The Morgan fingerprint density at radius 1 is 1.10 bits per heavy atom. The van der Waals surface area contributed by atoms with E-state index in [0.29, 0.717) is 37.7 Å². The van der Waals surface area contributed by atoms with Crippen LogP contribution in [-0.2, 0) is 4.79 Å². The van der Waals surface area contributed by atoms with Crippen molar-refractivity contribution in [1.82, 2.24) is 4.90 Å². The molecule has 1 aliphatic heterocycles. The van der Waals surface area contributed by atoms with Crippen LogP contribution in [0.15, 0.2) is 30.3 Å². The molecular formula is C23H28F3NO2. The number of nitrogens with zero attached hydrogens (tertiary/aromatic N) is 1. The maximum Gasteiger partial charge on any atom is 0.392 e. The average molecular weight is 407 g/mol. The van der Waals surface area contributed by atoms with Gasteiger partial charge in [0, 0.05) is 31.0 Å². The highest BCUT2D eigenvalue weighted by Gasteiger charge is 2.61. The van der Waals surface area contributed by atoms with Crippen LogP contribution in [0.4, 0.5) is 13.2 Å². The Labute approximate surface area is 169 Å². The lowest BCUT2D eigenvalue weighted by molar-refractivity contribution is -0.213. The van der Waals surface area contributed by atoms with E-state index in [4.69, 9.17) is 0 Å². The minimum absolute atomic E-state index is 0.00607. The number of hydrogen-bond acceptors (Lipinski definition) is 2. The van der Waals surface area contributed by atoms with Crippen molar-refractivity contribution in [1.29, 1.82) is 0 Å². The fourth-order valence-corrected chi connectivity index (χ4v) is 6.68. The molecule has 6 atom stereocenters. The zero-order valence-electron chi connectivity index (χ0n) is 16.9. The lowest BCUT2D eigenvalue weighted by Crippen LogP contribution is -2.61. The number of fused-ring (bicyclic) bond motifs is 3. The van der Waals surface area contributed by atoms with Crippen LogP contribution in [0.1, 0.15) is 55.8 Å². The van der Waals surface area contributed by atoms with Crippen molar-refractivity contribution in [3.8, 4) is 0 Å². The Bertz CT molecular complexity index is 793. The fraction of sp³-hybridized carbons (Fsp3) is 0.652. The van der Waals surface area contributed by atoms with Crippen LogP contribution in [-0.4, -0.2) is 35.9 Å². The predicted octanol–water partition coefficient (Wildman–Crippen LogP) is 5.11. The van der Waals surface area contributed by atoms with E-state index >= 15 is 0 Å². The number of amides is 1. The number of carbonyl (C=O) groups is 2. The van der Waals surface area contributed by atoms with Gasteiger partial charge in [-0.25, -0.2) is 0 Å². The van der Waals surface area contributed by atoms with E-state index < -0.39 is 18.0 Å². The molecular weight excluding hydrogens is 379 g/mol. The molecule has 1 amide bonds. The van der Waals surface area contributed by atoms with Gasteiger partial charge in [0.25, 0.3) is 0 Å². The van der Waals surface area contributed by atoms with Crippen molar-refractivity contribution in [2.75, 3.05) is 7.05 Å². The normalized spacial score (nSPS) is 37.6. The number of benzene rings is 1. The number of carbonyl (C=O) groups excluding carboxylic acids is 2. The monoisotopic (exact) mass is 407 g/mol. The fourth-order valence-electron chi connectivity index (χ4n) is 6.68. The smallest absolute Gasteiger partial charge is 0.342 e. The third kappa shape index (κ3) is 3.28. The molecule has 0 N–H and O–H groups in total. The van der Waals surface area contributed by atoms with Crippen molar-refractivity contribution in [2.24, 2.45) is 29.1 Å². The van der Waals surface area contributed by atoms with E-state index in [1.165, 1.54) is 0 Å². The quantitative estimate of drug-likeness (QED) is 0.639. The number of alkyl halides is 3. The van der Waals surface area contributed by atoms with Crippen LogP contribution in [0.3, 0.4) is 0 Å². The zero-order chi connectivity index (χ0) is 21.0. The summed E-state index contributed by atoms with van der Waals surface area (Å²) in [5.41, 5.74) is 0.146. The third-order valence-electron chi connectivity index (χ3n) is 8.10. The summed E-state index contributed by atoms with van der Waals surface area (Å²) in [5.74, 6) is -3.12. The molecule has 6 heteroatoms. The van der Waals surface area contributed by atoms with Crippen molar-refractivity contribution in [3.63, 3.8) is 0 Å². The van der Waals surface area contributed by atoms with E-state index in [9.17, 15) is 22.8 Å². The Kier molecular flexibility index (Phi) is 5.02. The number of rotatable bonds is 2. The van der Waals surface area contributed by atoms with E-state index in [0.717, 1.165) is 0 Å².